The zero-order chi connectivity index (χ0) is 12.1. The average molecular weight is 229 g/mol. The van der Waals surface area contributed by atoms with Crippen molar-refractivity contribution in [2.45, 2.75) is 19.4 Å². The highest BCUT2D eigenvalue weighted by Crippen LogP contribution is 2.16. The van der Waals surface area contributed by atoms with E-state index in [0.29, 0.717) is 0 Å². The minimum absolute atomic E-state index is 0.0400. The third-order valence-electron chi connectivity index (χ3n) is 1.99. The number of rotatable bonds is 5. The maximum atomic E-state index is 11.5. The van der Waals surface area contributed by atoms with Gasteiger partial charge in [0.15, 0.2) is 0 Å². The van der Waals surface area contributed by atoms with Crippen LogP contribution in [0.15, 0.2) is 0 Å². The number of esters is 1. The highest BCUT2D eigenvalue weighted by molar-refractivity contribution is 5.95. The number of H-pyrrole nitrogens is 1. The molecule has 0 aromatic carbocycles. The van der Waals surface area contributed by atoms with Crippen LogP contribution in [0, 0.1) is 0 Å². The van der Waals surface area contributed by atoms with Crippen LogP contribution >= 0.6 is 0 Å². The fourth-order valence-corrected chi connectivity index (χ4v) is 1.26. The van der Waals surface area contributed by atoms with Crippen molar-refractivity contribution in [2.75, 3.05) is 18.9 Å². The number of hydrogen-bond donors (Lipinski definition) is 4. The van der Waals surface area contributed by atoms with Crippen LogP contribution in [0.5, 0.6) is 0 Å². The molecule has 1 aromatic rings. The summed E-state index contributed by atoms with van der Waals surface area (Å²) in [4.78, 5) is 11.5. The van der Waals surface area contributed by atoms with Gasteiger partial charge in [-0.15, -0.1) is 0 Å². The molecule has 0 aliphatic carbocycles. The lowest BCUT2D eigenvalue weighted by molar-refractivity contribution is 0.0523. The van der Waals surface area contributed by atoms with Crippen molar-refractivity contribution in [3.05, 3.63) is 11.3 Å². The number of anilines is 1. The molecule has 0 fully saturated rings. The minimum Gasteiger partial charge on any atom is -0.462 e. The van der Waals surface area contributed by atoms with Gasteiger partial charge in [-0.1, -0.05) is 0 Å². The summed E-state index contributed by atoms with van der Waals surface area (Å²) >= 11 is 0. The van der Waals surface area contributed by atoms with E-state index in [-0.39, 0.29) is 30.1 Å². The van der Waals surface area contributed by atoms with E-state index in [4.69, 9.17) is 15.6 Å². The quantitative estimate of drug-likeness (QED) is 0.484. The van der Waals surface area contributed by atoms with Crippen LogP contribution in [0.4, 0.5) is 5.82 Å². The Morgan fingerprint density at radius 1 is 1.69 bits per heavy atom. The lowest BCUT2D eigenvalue weighted by Gasteiger charge is -2.06. The lowest BCUT2D eigenvalue weighted by atomic mass is 10.1. The molecule has 7 heteroatoms. The van der Waals surface area contributed by atoms with Gasteiger partial charge < -0.3 is 20.7 Å². The maximum absolute atomic E-state index is 11.5. The standard InChI is InChI=1S/C9H15N3O4/c1-2-16-9(15)7-6(3-5(14)4-13)11-12-8(7)10/h5,13-14H,2-4H2,1H3,(H3,10,11,12). The zero-order valence-corrected chi connectivity index (χ0v) is 8.93. The number of aliphatic hydroxyl groups excluding tert-OH is 2. The predicted molar refractivity (Wildman–Crippen MR) is 55.8 cm³/mol. The van der Waals surface area contributed by atoms with Gasteiger partial charge in [-0.2, -0.15) is 5.10 Å². The number of carbonyl (C=O) groups is 1. The van der Waals surface area contributed by atoms with E-state index in [1.54, 1.807) is 6.92 Å². The van der Waals surface area contributed by atoms with E-state index in [1.807, 2.05) is 0 Å². The third-order valence-corrected chi connectivity index (χ3v) is 1.99. The minimum atomic E-state index is -0.976. The van der Waals surface area contributed by atoms with Gasteiger partial charge >= 0.3 is 5.97 Å². The first-order chi connectivity index (χ1) is 7.60. The summed E-state index contributed by atoms with van der Waals surface area (Å²) in [5, 5.41) is 24.2. The smallest absolute Gasteiger partial charge is 0.343 e. The molecular formula is C9H15N3O4. The molecule has 16 heavy (non-hydrogen) atoms. The summed E-state index contributed by atoms with van der Waals surface area (Å²) in [7, 11) is 0. The number of nitrogens with zero attached hydrogens (tertiary/aromatic N) is 1. The Morgan fingerprint density at radius 2 is 2.38 bits per heavy atom. The lowest BCUT2D eigenvalue weighted by Crippen LogP contribution is -2.18. The van der Waals surface area contributed by atoms with Crippen LogP contribution in [0.2, 0.25) is 0 Å². The molecule has 1 heterocycles. The maximum Gasteiger partial charge on any atom is 0.343 e. The van der Waals surface area contributed by atoms with Crippen LogP contribution in [0.1, 0.15) is 23.0 Å². The number of nitrogens with one attached hydrogen (secondary N) is 1. The van der Waals surface area contributed by atoms with Crippen molar-refractivity contribution in [1.82, 2.24) is 10.2 Å². The Kier molecular flexibility index (Phi) is 4.27. The van der Waals surface area contributed by atoms with Crippen LogP contribution in [0.25, 0.3) is 0 Å². The van der Waals surface area contributed by atoms with E-state index in [1.165, 1.54) is 0 Å². The van der Waals surface area contributed by atoms with Gasteiger partial charge in [-0.25, -0.2) is 4.79 Å². The van der Waals surface area contributed by atoms with Gasteiger partial charge in [-0.05, 0) is 6.92 Å². The normalized spacial score (nSPS) is 12.4. The van der Waals surface area contributed by atoms with Crippen LogP contribution in [-0.4, -0.2) is 45.7 Å². The third kappa shape index (κ3) is 2.71. The molecule has 0 radical (unpaired) electrons. The van der Waals surface area contributed by atoms with Crippen LogP contribution in [0.3, 0.4) is 0 Å². The summed E-state index contributed by atoms with van der Waals surface area (Å²) in [6, 6.07) is 0. The summed E-state index contributed by atoms with van der Waals surface area (Å²) in [5.41, 5.74) is 5.94. The second-order valence-electron chi connectivity index (χ2n) is 3.22. The molecule has 1 unspecified atom stereocenters. The molecule has 0 saturated carbocycles. The van der Waals surface area contributed by atoms with Crippen LogP contribution in [-0.2, 0) is 11.2 Å². The molecule has 1 rings (SSSR count). The van der Waals surface area contributed by atoms with Gasteiger partial charge in [0.2, 0.25) is 0 Å². The number of carbonyl (C=O) groups excluding carboxylic acids is 1. The SMILES string of the molecule is CCOC(=O)c1c(CC(O)CO)n[nH]c1N. The van der Waals surface area contributed by atoms with Crippen molar-refractivity contribution in [3.63, 3.8) is 0 Å². The van der Waals surface area contributed by atoms with Crippen molar-refractivity contribution in [3.8, 4) is 0 Å². The van der Waals surface area contributed by atoms with E-state index >= 15 is 0 Å². The highest BCUT2D eigenvalue weighted by atomic mass is 16.5. The van der Waals surface area contributed by atoms with E-state index in [0.717, 1.165) is 0 Å². The second kappa shape index (κ2) is 5.47. The Labute approximate surface area is 92.2 Å². The van der Waals surface area contributed by atoms with Gasteiger partial charge in [0, 0.05) is 6.42 Å². The fourth-order valence-electron chi connectivity index (χ4n) is 1.26. The Hall–Kier alpha value is -1.60. The Balaban J connectivity index is 2.89. The molecule has 1 aromatic heterocycles. The zero-order valence-electron chi connectivity index (χ0n) is 8.93. The molecule has 0 bridgehead atoms. The summed E-state index contributed by atoms with van der Waals surface area (Å²) in [6.45, 7) is 1.50. The first-order valence-corrected chi connectivity index (χ1v) is 4.88. The van der Waals surface area contributed by atoms with Crippen molar-refractivity contribution < 1.29 is 19.7 Å². The molecule has 90 valence electrons. The number of nitrogen functional groups attached to an aromatic ring is 1. The topological polar surface area (TPSA) is 121 Å². The van der Waals surface area contributed by atoms with Gasteiger partial charge in [-0.3, -0.25) is 5.10 Å². The van der Waals surface area contributed by atoms with Crippen molar-refractivity contribution in [2.24, 2.45) is 0 Å². The molecular weight excluding hydrogens is 214 g/mol. The number of aromatic nitrogens is 2. The number of hydrogen-bond acceptors (Lipinski definition) is 6. The van der Waals surface area contributed by atoms with Crippen molar-refractivity contribution in [1.29, 1.82) is 0 Å². The summed E-state index contributed by atoms with van der Waals surface area (Å²) < 4.78 is 4.80. The monoisotopic (exact) mass is 229 g/mol. The first-order valence-electron chi connectivity index (χ1n) is 4.88. The number of aromatic amines is 1. The molecule has 0 aliphatic heterocycles. The first kappa shape index (κ1) is 12.5. The molecule has 0 saturated heterocycles. The molecule has 7 nitrogen and oxygen atoms in total. The van der Waals surface area contributed by atoms with E-state index in [9.17, 15) is 9.90 Å². The van der Waals surface area contributed by atoms with Crippen molar-refractivity contribution >= 4 is 11.8 Å². The van der Waals surface area contributed by atoms with Gasteiger partial charge in [0.25, 0.3) is 0 Å². The number of ether oxygens (including phenoxy) is 1. The molecule has 0 amide bonds. The largest absolute Gasteiger partial charge is 0.462 e. The average Bonchev–Trinajstić information content (AvgIpc) is 2.60. The Morgan fingerprint density at radius 3 is 2.94 bits per heavy atom. The van der Waals surface area contributed by atoms with Gasteiger partial charge in [0.05, 0.1) is 25.0 Å². The predicted octanol–water partition coefficient (Wildman–Crippen LogP) is -0.936. The summed E-state index contributed by atoms with van der Waals surface area (Å²) in [6.07, 6.45) is -0.936. The highest BCUT2D eigenvalue weighted by Gasteiger charge is 2.21. The summed E-state index contributed by atoms with van der Waals surface area (Å²) in [5.74, 6) is -0.493. The molecule has 1 atom stereocenters. The van der Waals surface area contributed by atoms with Crippen LogP contribution < -0.4 is 5.73 Å². The van der Waals surface area contributed by atoms with E-state index in [2.05, 4.69) is 10.2 Å². The molecule has 0 spiro atoms. The Bertz CT molecular complexity index is 364. The number of nitrogens with two attached hydrogens (primary N) is 1. The fraction of sp³-hybridized carbons (Fsp3) is 0.556. The van der Waals surface area contributed by atoms with E-state index < -0.39 is 18.7 Å². The second-order valence-corrected chi connectivity index (χ2v) is 3.22. The number of aliphatic hydroxyl groups is 2. The van der Waals surface area contributed by atoms with Gasteiger partial charge in [0.1, 0.15) is 11.4 Å². The molecule has 5 N–H and O–H groups in total. The molecule has 0 aliphatic rings.